The van der Waals surface area contributed by atoms with Crippen molar-refractivity contribution in [3.63, 3.8) is 0 Å². The van der Waals surface area contributed by atoms with Crippen LogP contribution < -0.4 is 10.2 Å². The fourth-order valence-electron chi connectivity index (χ4n) is 1.70. The highest BCUT2D eigenvalue weighted by Gasteiger charge is 2.08. The lowest BCUT2D eigenvalue weighted by Gasteiger charge is -2.01. The van der Waals surface area contributed by atoms with E-state index in [9.17, 15) is 9.18 Å². The average molecular weight is 337 g/mol. The number of carbonyl (C=O) groups excluding carboxylic acids is 1. The number of carbonyl (C=O) groups is 1. The van der Waals surface area contributed by atoms with Crippen molar-refractivity contribution < 1.29 is 18.7 Å². The number of aromatic nitrogens is 1. The number of benzene rings is 1. The van der Waals surface area contributed by atoms with Crippen LogP contribution in [0.25, 0.3) is 0 Å². The van der Waals surface area contributed by atoms with Crippen molar-refractivity contribution in [2.75, 3.05) is 19.1 Å². The molecule has 2 aromatic rings. The van der Waals surface area contributed by atoms with E-state index in [0.717, 1.165) is 0 Å². The summed E-state index contributed by atoms with van der Waals surface area (Å²) in [6, 6.07) is 4.37. The van der Waals surface area contributed by atoms with E-state index in [-0.39, 0.29) is 12.4 Å². The minimum atomic E-state index is -0.404. The van der Waals surface area contributed by atoms with Crippen LogP contribution >= 0.6 is 11.3 Å². The molecule has 0 saturated carbocycles. The number of halogens is 1. The largest absolute Gasteiger partial charge is 0.497 e. The van der Waals surface area contributed by atoms with Crippen molar-refractivity contribution in [1.29, 1.82) is 0 Å². The van der Waals surface area contributed by atoms with E-state index in [1.54, 1.807) is 12.3 Å². The molecule has 1 aromatic carbocycles. The van der Waals surface area contributed by atoms with Gasteiger partial charge in [0.1, 0.15) is 11.6 Å². The molecular formula is C15H16FN3O3S. The zero-order valence-electron chi connectivity index (χ0n) is 12.7. The van der Waals surface area contributed by atoms with Crippen LogP contribution in [-0.2, 0) is 16.0 Å². The Kier molecular flexibility index (Phi) is 6.04. The van der Waals surface area contributed by atoms with Gasteiger partial charge in [0.2, 0.25) is 5.13 Å². The van der Waals surface area contributed by atoms with Crippen LogP contribution in [0, 0.1) is 5.82 Å². The number of hydrogen-bond acceptors (Lipinski definition) is 7. The van der Waals surface area contributed by atoms with Crippen molar-refractivity contribution in [3.8, 4) is 5.75 Å². The number of nitrogens with one attached hydrogen (secondary N) is 1. The summed E-state index contributed by atoms with van der Waals surface area (Å²) < 4.78 is 23.5. The predicted octanol–water partition coefficient (Wildman–Crippen LogP) is 2.84. The van der Waals surface area contributed by atoms with Crippen molar-refractivity contribution in [3.05, 3.63) is 40.7 Å². The second kappa shape index (κ2) is 8.23. The average Bonchev–Trinajstić information content (AvgIpc) is 2.96. The molecule has 6 nitrogen and oxygen atoms in total. The molecule has 122 valence electrons. The van der Waals surface area contributed by atoms with Gasteiger partial charge in [0.25, 0.3) is 0 Å². The highest BCUT2D eigenvalue weighted by molar-refractivity contribution is 7.13. The van der Waals surface area contributed by atoms with Gasteiger partial charge in [-0.25, -0.2) is 9.37 Å². The van der Waals surface area contributed by atoms with Crippen LogP contribution in [0.15, 0.2) is 28.7 Å². The Balaban J connectivity index is 1.96. The molecule has 0 aliphatic heterocycles. The molecular weight excluding hydrogens is 321 g/mol. The molecule has 8 heteroatoms. The molecule has 0 aliphatic rings. The predicted molar refractivity (Wildman–Crippen MR) is 86.6 cm³/mol. The molecule has 0 fully saturated rings. The summed E-state index contributed by atoms with van der Waals surface area (Å²) in [7, 11) is 1.51. The lowest BCUT2D eigenvalue weighted by Crippen LogP contribution is -2.07. The second-order valence-corrected chi connectivity index (χ2v) is 5.24. The zero-order chi connectivity index (χ0) is 16.7. The van der Waals surface area contributed by atoms with E-state index in [2.05, 4.69) is 15.5 Å². The second-order valence-electron chi connectivity index (χ2n) is 4.38. The smallest absolute Gasteiger partial charge is 0.311 e. The first-order valence-corrected chi connectivity index (χ1v) is 7.73. The number of hydrogen-bond donors (Lipinski definition) is 1. The monoisotopic (exact) mass is 337 g/mol. The van der Waals surface area contributed by atoms with Crippen LogP contribution in [0.5, 0.6) is 5.75 Å². The fourth-order valence-corrected chi connectivity index (χ4v) is 2.36. The maximum atomic E-state index is 13.6. The standard InChI is InChI=1S/C15H16FN3O3S/c1-3-22-14(20)7-11-9-23-15(18-11)19-17-8-10-6-12(21-2)4-5-13(10)16/h4-6,8-9H,3,7H2,1-2H3,(H,18,19). The highest BCUT2D eigenvalue weighted by Crippen LogP contribution is 2.17. The Morgan fingerprint density at radius 3 is 3.09 bits per heavy atom. The van der Waals surface area contributed by atoms with Gasteiger partial charge in [-0.15, -0.1) is 11.3 Å². The molecule has 1 aromatic heterocycles. The number of thiazole rings is 1. The lowest BCUT2D eigenvalue weighted by molar-refractivity contribution is -0.142. The van der Waals surface area contributed by atoms with Crippen LogP contribution in [0.3, 0.4) is 0 Å². The van der Waals surface area contributed by atoms with Gasteiger partial charge in [-0.05, 0) is 25.1 Å². The SMILES string of the molecule is CCOC(=O)Cc1csc(NN=Cc2cc(OC)ccc2F)n1. The van der Waals surface area contributed by atoms with Gasteiger partial charge in [0, 0.05) is 10.9 Å². The number of nitrogens with zero attached hydrogens (tertiary/aromatic N) is 2. The fraction of sp³-hybridized carbons (Fsp3) is 0.267. The molecule has 0 bridgehead atoms. The zero-order valence-corrected chi connectivity index (χ0v) is 13.5. The maximum Gasteiger partial charge on any atom is 0.311 e. The molecule has 23 heavy (non-hydrogen) atoms. The van der Waals surface area contributed by atoms with E-state index in [1.807, 2.05) is 0 Å². The number of rotatable bonds is 7. The summed E-state index contributed by atoms with van der Waals surface area (Å²) in [5.74, 6) is -0.191. The van der Waals surface area contributed by atoms with Crippen molar-refractivity contribution in [2.24, 2.45) is 5.10 Å². The number of hydrazone groups is 1. The van der Waals surface area contributed by atoms with Crippen LogP contribution in [0.1, 0.15) is 18.2 Å². The Morgan fingerprint density at radius 2 is 2.35 bits per heavy atom. The van der Waals surface area contributed by atoms with Crippen LogP contribution in [-0.4, -0.2) is 30.9 Å². The van der Waals surface area contributed by atoms with Crippen LogP contribution in [0.2, 0.25) is 0 Å². The quantitative estimate of drug-likeness (QED) is 0.478. The number of ether oxygens (including phenoxy) is 2. The van der Waals surface area contributed by atoms with Crippen LogP contribution in [0.4, 0.5) is 9.52 Å². The lowest BCUT2D eigenvalue weighted by atomic mass is 10.2. The first-order valence-electron chi connectivity index (χ1n) is 6.85. The van der Waals surface area contributed by atoms with Crippen molar-refractivity contribution in [1.82, 2.24) is 4.98 Å². The minimum absolute atomic E-state index is 0.111. The van der Waals surface area contributed by atoms with E-state index in [1.165, 1.54) is 42.9 Å². The van der Waals surface area contributed by atoms with Gasteiger partial charge >= 0.3 is 5.97 Å². The molecule has 0 unspecified atom stereocenters. The number of methoxy groups -OCH3 is 1. The summed E-state index contributed by atoms with van der Waals surface area (Å²) in [6.45, 7) is 2.09. The first-order chi connectivity index (χ1) is 11.1. The van der Waals surface area contributed by atoms with E-state index < -0.39 is 5.82 Å². The Hall–Kier alpha value is -2.48. The molecule has 0 radical (unpaired) electrons. The molecule has 0 saturated heterocycles. The Morgan fingerprint density at radius 1 is 1.52 bits per heavy atom. The third-order valence-corrected chi connectivity index (χ3v) is 3.55. The van der Waals surface area contributed by atoms with Gasteiger partial charge in [-0.3, -0.25) is 10.2 Å². The Bertz CT molecular complexity index is 703. The van der Waals surface area contributed by atoms with Gasteiger partial charge < -0.3 is 9.47 Å². The molecule has 0 amide bonds. The third-order valence-electron chi connectivity index (χ3n) is 2.75. The van der Waals surface area contributed by atoms with Gasteiger partial charge in [0.05, 0.1) is 32.0 Å². The summed E-state index contributed by atoms with van der Waals surface area (Å²) in [5, 5.41) is 6.18. The van der Waals surface area contributed by atoms with Crippen molar-refractivity contribution >= 4 is 28.7 Å². The van der Waals surface area contributed by atoms with E-state index in [0.29, 0.717) is 28.7 Å². The minimum Gasteiger partial charge on any atom is -0.497 e. The first kappa shape index (κ1) is 16.9. The molecule has 2 rings (SSSR count). The maximum absolute atomic E-state index is 13.6. The van der Waals surface area contributed by atoms with Gasteiger partial charge in [0.15, 0.2) is 0 Å². The summed E-state index contributed by atoms with van der Waals surface area (Å²) >= 11 is 1.29. The summed E-state index contributed by atoms with van der Waals surface area (Å²) in [4.78, 5) is 15.6. The topological polar surface area (TPSA) is 72.8 Å². The van der Waals surface area contributed by atoms with E-state index in [4.69, 9.17) is 9.47 Å². The number of anilines is 1. The third kappa shape index (κ3) is 5.03. The van der Waals surface area contributed by atoms with E-state index >= 15 is 0 Å². The molecule has 0 spiro atoms. The molecule has 0 atom stereocenters. The van der Waals surface area contributed by atoms with Gasteiger partial charge in [-0.1, -0.05) is 0 Å². The molecule has 0 aliphatic carbocycles. The molecule has 1 heterocycles. The number of esters is 1. The Labute approximate surface area is 137 Å². The summed E-state index contributed by atoms with van der Waals surface area (Å²) in [6.07, 6.45) is 1.45. The summed E-state index contributed by atoms with van der Waals surface area (Å²) in [5.41, 5.74) is 3.59. The van der Waals surface area contributed by atoms with Crippen molar-refractivity contribution in [2.45, 2.75) is 13.3 Å². The highest BCUT2D eigenvalue weighted by atomic mass is 32.1. The molecule has 1 N–H and O–H groups in total. The van der Waals surface area contributed by atoms with Gasteiger partial charge in [-0.2, -0.15) is 5.10 Å². The normalized spacial score (nSPS) is 10.7.